The zero-order valence-electron chi connectivity index (χ0n) is 28.1. The molecule has 24 nitrogen and oxygen atoms in total. The average molecular weight is 915 g/mol. The first-order chi connectivity index (χ1) is 26.5. The number of thioether (sulfide) groups is 1. The van der Waals surface area contributed by atoms with E-state index in [1.54, 1.807) is 7.05 Å². The summed E-state index contributed by atoms with van der Waals surface area (Å²) >= 11 is 1.51. The van der Waals surface area contributed by atoms with E-state index in [0.717, 1.165) is 23.9 Å². The first-order valence-electron chi connectivity index (χ1n) is 14.3. The van der Waals surface area contributed by atoms with Gasteiger partial charge in [0.15, 0.2) is 21.7 Å². The van der Waals surface area contributed by atoms with Crippen molar-refractivity contribution in [3.8, 4) is 17.1 Å². The lowest BCUT2D eigenvalue weighted by Gasteiger charge is -2.14. The number of phenolic OH excluding ortho intramolecular Hbond substituents is 1. The van der Waals surface area contributed by atoms with Gasteiger partial charge in [0.05, 0.1) is 61.3 Å². The van der Waals surface area contributed by atoms with Crippen LogP contribution in [-0.4, -0.2) is 74.8 Å². The maximum absolute atomic E-state index is 12.8. The minimum absolute atomic E-state index is 0. The van der Waals surface area contributed by atoms with Gasteiger partial charge in [-0.1, -0.05) is 10.1 Å². The first-order valence-corrected chi connectivity index (χ1v) is 21.1. The molecule has 0 aliphatic heterocycles. The van der Waals surface area contributed by atoms with Crippen molar-refractivity contribution >= 4 is 105 Å². The number of anilines is 1. The van der Waals surface area contributed by atoms with Gasteiger partial charge in [-0.15, -0.1) is 24.0 Å². The van der Waals surface area contributed by atoms with E-state index in [4.69, 9.17) is 20.8 Å². The number of phenols is 1. The topological polar surface area (TPSA) is 378 Å². The smallest absolute Gasteiger partial charge is 0.433 e. The zero-order chi connectivity index (χ0) is 41.1. The van der Waals surface area contributed by atoms with Gasteiger partial charge in [-0.2, -0.15) is 21.9 Å². The van der Waals surface area contributed by atoms with Crippen LogP contribution in [0.15, 0.2) is 99.5 Å². The van der Waals surface area contributed by atoms with Crippen LogP contribution in [0.3, 0.4) is 0 Å². The third kappa shape index (κ3) is 13.1. The van der Waals surface area contributed by atoms with Gasteiger partial charge in [-0.3, -0.25) is 14.0 Å². The summed E-state index contributed by atoms with van der Waals surface area (Å²) < 4.78 is 103. The second-order valence-electron chi connectivity index (χ2n) is 10.1. The van der Waals surface area contributed by atoms with Crippen molar-refractivity contribution in [2.75, 3.05) is 25.1 Å². The Kier molecular flexibility index (Phi) is 17.3. The number of nitrogens with zero attached hydrogens (tertiary/aromatic N) is 4. The van der Waals surface area contributed by atoms with E-state index >= 15 is 0 Å². The van der Waals surface area contributed by atoms with E-state index in [-0.39, 0.29) is 60.3 Å². The van der Waals surface area contributed by atoms with Crippen LogP contribution in [-0.2, 0) is 58.3 Å². The molecule has 10 N–H and O–H groups in total. The summed E-state index contributed by atoms with van der Waals surface area (Å²) in [6, 6.07) is 11.5. The Morgan fingerprint density at radius 2 is 1.49 bits per heavy atom. The molecule has 0 aliphatic carbocycles. The number of hydrogen-bond acceptors (Lipinski definition) is 24. The van der Waals surface area contributed by atoms with Crippen molar-refractivity contribution in [3.63, 3.8) is 0 Å². The predicted octanol–water partition coefficient (Wildman–Crippen LogP) is 4.99. The molecule has 0 bridgehead atoms. The number of azo groups is 2. The second-order valence-corrected chi connectivity index (χ2v) is 16.9. The zero-order valence-corrected chi connectivity index (χ0v) is 33.0. The minimum atomic E-state index is -5.11. The molecule has 0 fully saturated rings. The molecule has 0 aromatic heterocycles. The van der Waals surface area contributed by atoms with Gasteiger partial charge >= 0.3 is 10.4 Å². The fourth-order valence-electron chi connectivity index (χ4n) is 4.22. The molecule has 0 heterocycles. The van der Waals surface area contributed by atoms with Crippen LogP contribution in [0, 0.1) is 11.4 Å². The number of nitrogens with two attached hydrogens (primary N) is 1. The third-order valence-electron chi connectivity index (χ3n) is 6.54. The van der Waals surface area contributed by atoms with Crippen LogP contribution in [0.1, 0.15) is 0 Å². The molecule has 4 aromatic carbocycles. The number of fused-ring (bicyclic) bond motifs is 1. The Labute approximate surface area is 334 Å². The van der Waals surface area contributed by atoms with Gasteiger partial charge in [-0.25, -0.2) is 18.9 Å². The molecule has 0 amide bonds. The molecular formula is C27H26N6O18S6. The summed E-state index contributed by atoms with van der Waals surface area (Å²) in [4.78, 5) is 3.27. The number of nitrogens with one attached hydrogen (secondary N) is 1. The van der Waals surface area contributed by atoms with Crippen molar-refractivity contribution in [1.29, 1.82) is 0 Å². The highest BCUT2D eigenvalue weighted by atomic mass is 32.3. The van der Waals surface area contributed by atoms with Crippen LogP contribution in [0.4, 0.5) is 28.4 Å². The molecule has 0 atom stereocenters. The Bertz CT molecular complexity index is 2530. The first kappa shape index (κ1) is 47.1. The van der Waals surface area contributed by atoms with Crippen LogP contribution in [0.2, 0.25) is 0 Å². The number of sulfone groups is 1. The third-order valence-corrected chi connectivity index (χ3v) is 11.3. The molecule has 0 radical (unpaired) electrons. The van der Waals surface area contributed by atoms with Crippen LogP contribution in [0.25, 0.3) is 10.8 Å². The molecule has 0 saturated carbocycles. The van der Waals surface area contributed by atoms with Crippen molar-refractivity contribution in [3.05, 3.63) is 54.6 Å². The maximum Gasteiger partial charge on any atom is 0.433 e. The number of aromatic hydroxyl groups is 1. The van der Waals surface area contributed by atoms with Gasteiger partial charge in [0.25, 0.3) is 10.1 Å². The van der Waals surface area contributed by atoms with Crippen molar-refractivity contribution < 1.29 is 83.4 Å². The van der Waals surface area contributed by atoms with Gasteiger partial charge in [0, 0.05) is 16.7 Å². The molecule has 4 aromatic rings. The summed E-state index contributed by atoms with van der Waals surface area (Å²) in [6.07, 6.45) is 1.88. The second kappa shape index (κ2) is 21.0. The number of benzene rings is 4. The van der Waals surface area contributed by atoms with Gasteiger partial charge in [0.2, 0.25) is 0 Å². The Morgan fingerprint density at radius 3 is 2.11 bits per heavy atom. The van der Waals surface area contributed by atoms with Crippen LogP contribution >= 0.6 is 35.8 Å². The predicted molar refractivity (Wildman–Crippen MR) is 199 cm³/mol. The average Bonchev–Trinajstić information content (AvgIpc) is 3.14. The van der Waals surface area contributed by atoms with E-state index in [2.05, 4.69) is 59.0 Å². The van der Waals surface area contributed by atoms with E-state index in [0.29, 0.717) is 29.0 Å². The number of nitrogen functional groups attached to an aromatic ring is 1. The molecule has 57 heavy (non-hydrogen) atoms. The van der Waals surface area contributed by atoms with E-state index in [1.807, 2.05) is 6.11 Å². The Morgan fingerprint density at radius 1 is 0.842 bits per heavy atom. The molecule has 0 unspecified atom stereocenters. The van der Waals surface area contributed by atoms with E-state index < -0.39 is 52.4 Å². The van der Waals surface area contributed by atoms with Gasteiger partial charge in [0.1, 0.15) is 22.0 Å². The standard InChI is InChI=1S/C27H24N6O17S6.H2O/c1-29-8-11-54(37,38)18-6-7-19(20(14-18)52-48-46-35)31-33-26-22(55(39,40)41)13-15-12-21(53-49-47-36)25(27(34)23(15)24(26)28)32-30-16-2-4-17(5-3-16)51-10-9-45-50-56(42,43)44;/h2-7,12-14,29,34-36H,8,11,28H2,1H3,(H,39,40,41)(H,42,43,44);1H2. The fraction of sp³-hybridized carbons (Fsp3) is 0.111. The molecule has 0 aliphatic rings. The van der Waals surface area contributed by atoms with Crippen LogP contribution < -0.4 is 11.1 Å². The number of hydrogen-bond donors (Lipinski definition) is 7. The molecule has 308 valence electrons. The molecular weight excluding hydrogens is 889 g/mol. The normalized spacial score (nSPS) is 12.2. The summed E-state index contributed by atoms with van der Waals surface area (Å²) in [6.45, 7) is 0.129. The van der Waals surface area contributed by atoms with Gasteiger partial charge in [-0.05, 0) is 83.1 Å². The van der Waals surface area contributed by atoms with Gasteiger partial charge < -0.3 is 21.6 Å². The van der Waals surface area contributed by atoms with E-state index in [9.17, 15) is 34.9 Å². The molecule has 4 rings (SSSR count). The summed E-state index contributed by atoms with van der Waals surface area (Å²) in [7, 11) is -12.2. The maximum atomic E-state index is 12.8. The lowest BCUT2D eigenvalue weighted by atomic mass is 10.1. The lowest BCUT2D eigenvalue weighted by Crippen LogP contribution is -2.19. The quantitative estimate of drug-likeness (QED) is 0.0101. The Hall–Kier alpha value is -4.24. The molecule has 0 saturated heterocycles. The highest BCUT2D eigenvalue weighted by Crippen LogP contribution is 2.50. The summed E-state index contributed by atoms with van der Waals surface area (Å²) in [5, 5.41) is 56.8. The van der Waals surface area contributed by atoms with Crippen LogP contribution in [0.5, 0.6) is 5.75 Å². The molecule has 0 spiro atoms. The van der Waals surface area contributed by atoms with Crippen molar-refractivity contribution in [2.45, 2.75) is 24.5 Å². The lowest BCUT2D eigenvalue weighted by molar-refractivity contribution is -0.432. The monoisotopic (exact) mass is 914 g/mol. The highest BCUT2D eigenvalue weighted by molar-refractivity contribution is 8.04. The molecule has 30 heteroatoms. The number of rotatable bonds is 18. The highest BCUT2D eigenvalue weighted by Gasteiger charge is 2.26. The Balaban J connectivity index is 0.00000870. The largest absolute Gasteiger partial charge is 0.505 e. The van der Waals surface area contributed by atoms with Crippen molar-refractivity contribution in [2.24, 2.45) is 20.5 Å². The summed E-state index contributed by atoms with van der Waals surface area (Å²) in [5.41, 5.74) is 4.83. The van der Waals surface area contributed by atoms with E-state index in [1.165, 1.54) is 42.5 Å². The SMILES string of the molecule is CNCCS(=O)(=O)c1ccc(N=Nc2c(S(=O)(=O)O)cc3cc(SOOO)c(N=Nc4ccc(SC#COOS(=O)(=O)O)cc4)c(O)c3c2N)c(SOOO)c1.O. The van der Waals surface area contributed by atoms with Crippen molar-refractivity contribution in [1.82, 2.24) is 5.32 Å². The minimum Gasteiger partial charge on any atom is -0.505 e. The summed E-state index contributed by atoms with van der Waals surface area (Å²) in [5.74, 6) is -0.997. The fourth-order valence-corrected chi connectivity index (χ4v) is 7.80.